The molecule has 1 aliphatic rings. The molecule has 2 nitrogen and oxygen atoms in total. The number of rotatable bonds is 4. The molecule has 1 aliphatic heterocycles. The van der Waals surface area contributed by atoms with Crippen LogP contribution in [0, 0.1) is 0 Å². The Labute approximate surface area is 90.3 Å². The van der Waals surface area contributed by atoms with Crippen LogP contribution in [0.1, 0.15) is 37.7 Å². The molecule has 0 amide bonds. The number of hydrogen-bond donors (Lipinski definition) is 0. The Hall–Kier alpha value is -1.31. The number of ether oxygens (including phenoxy) is 1. The Morgan fingerprint density at radius 2 is 2.27 bits per heavy atom. The molecule has 1 aromatic carbocycles. The quantitative estimate of drug-likeness (QED) is 0.753. The van der Waals surface area contributed by atoms with Crippen LogP contribution in [0.5, 0.6) is 5.75 Å². The highest BCUT2D eigenvalue weighted by atomic mass is 16.5. The number of hydrogen-bond acceptors (Lipinski definition) is 2. The molecule has 0 aromatic heterocycles. The fourth-order valence-corrected chi connectivity index (χ4v) is 1.98. The lowest BCUT2D eigenvalue weighted by Crippen LogP contribution is -2.04. The molecule has 15 heavy (non-hydrogen) atoms. The minimum atomic E-state index is 0.347. The molecule has 0 bridgehead atoms. The minimum absolute atomic E-state index is 0.347. The molecule has 2 rings (SSSR count). The van der Waals surface area contributed by atoms with Gasteiger partial charge >= 0.3 is 0 Å². The molecule has 1 atom stereocenters. The minimum Gasteiger partial charge on any atom is -0.493 e. The normalized spacial score (nSPS) is 18.3. The predicted molar refractivity (Wildman–Crippen MR) is 59.2 cm³/mol. The molecule has 0 N–H and O–H groups in total. The summed E-state index contributed by atoms with van der Waals surface area (Å²) in [5, 5.41) is 0. The smallest absolute Gasteiger partial charge is 0.132 e. The van der Waals surface area contributed by atoms with E-state index in [2.05, 4.69) is 6.07 Å². The Balaban J connectivity index is 1.99. The molecule has 0 saturated heterocycles. The molecule has 1 aromatic rings. The summed E-state index contributed by atoms with van der Waals surface area (Å²) < 4.78 is 5.57. The second kappa shape index (κ2) is 4.47. The van der Waals surface area contributed by atoms with Crippen LogP contribution in [0.4, 0.5) is 0 Å². The third-order valence-electron chi connectivity index (χ3n) is 2.96. The van der Waals surface area contributed by atoms with Crippen molar-refractivity contribution < 1.29 is 9.53 Å². The van der Waals surface area contributed by atoms with Crippen LogP contribution in [-0.2, 0) is 4.79 Å². The van der Waals surface area contributed by atoms with E-state index in [4.69, 9.17) is 4.74 Å². The summed E-state index contributed by atoms with van der Waals surface area (Å²) >= 11 is 0. The zero-order valence-corrected chi connectivity index (χ0v) is 9.03. The second-order valence-corrected chi connectivity index (χ2v) is 3.98. The summed E-state index contributed by atoms with van der Waals surface area (Å²) in [4.78, 5) is 11.2. The van der Waals surface area contributed by atoms with Crippen LogP contribution < -0.4 is 4.74 Å². The van der Waals surface area contributed by atoms with Gasteiger partial charge in [-0.3, -0.25) is 4.79 Å². The second-order valence-electron chi connectivity index (χ2n) is 3.98. The molecule has 1 heterocycles. The van der Waals surface area contributed by atoms with Crippen molar-refractivity contribution in [3.05, 3.63) is 29.8 Å². The third kappa shape index (κ3) is 2.20. The Kier molecular flexibility index (Phi) is 3.05. The Morgan fingerprint density at radius 1 is 1.47 bits per heavy atom. The van der Waals surface area contributed by atoms with Gasteiger partial charge in [0.2, 0.25) is 0 Å². The molecule has 2 heteroatoms. The van der Waals surface area contributed by atoms with Crippen LogP contribution in [0.3, 0.4) is 0 Å². The molecule has 0 aliphatic carbocycles. The first-order valence-electron chi connectivity index (χ1n) is 5.54. The van der Waals surface area contributed by atoms with E-state index in [-0.39, 0.29) is 0 Å². The van der Waals surface area contributed by atoms with Crippen LogP contribution in [0.15, 0.2) is 24.3 Å². The lowest BCUT2D eigenvalue weighted by atomic mass is 9.95. The molecule has 0 radical (unpaired) electrons. The maximum absolute atomic E-state index is 11.2. The number of carbonyl (C=O) groups is 1. The van der Waals surface area contributed by atoms with E-state index in [1.165, 1.54) is 5.56 Å². The van der Waals surface area contributed by atoms with Gasteiger partial charge in [0.25, 0.3) is 0 Å². The van der Waals surface area contributed by atoms with Crippen molar-refractivity contribution in [1.29, 1.82) is 0 Å². The zero-order chi connectivity index (χ0) is 10.7. The summed E-state index contributed by atoms with van der Waals surface area (Å²) in [5.41, 5.74) is 1.27. The van der Waals surface area contributed by atoms with Crippen LogP contribution in [0.25, 0.3) is 0 Å². The Morgan fingerprint density at radius 3 is 3.07 bits per heavy atom. The van der Waals surface area contributed by atoms with Crippen LogP contribution in [-0.4, -0.2) is 12.4 Å². The molecule has 80 valence electrons. The third-order valence-corrected chi connectivity index (χ3v) is 2.96. The van der Waals surface area contributed by atoms with Crippen molar-refractivity contribution >= 4 is 5.78 Å². The van der Waals surface area contributed by atoms with Gasteiger partial charge in [0.1, 0.15) is 11.5 Å². The van der Waals surface area contributed by atoms with Crippen molar-refractivity contribution in [3.63, 3.8) is 0 Å². The summed E-state index contributed by atoms with van der Waals surface area (Å²) in [6, 6.07) is 8.11. The van der Waals surface area contributed by atoms with Crippen LogP contribution >= 0.6 is 0 Å². The highest BCUT2D eigenvalue weighted by Gasteiger charge is 2.23. The van der Waals surface area contributed by atoms with Crippen molar-refractivity contribution in [1.82, 2.24) is 0 Å². The predicted octanol–water partition coefficient (Wildman–Crippen LogP) is 2.92. The topological polar surface area (TPSA) is 26.3 Å². The first-order chi connectivity index (χ1) is 7.31. The maximum Gasteiger partial charge on any atom is 0.132 e. The summed E-state index contributed by atoms with van der Waals surface area (Å²) in [7, 11) is 0. The van der Waals surface area contributed by atoms with E-state index in [9.17, 15) is 4.79 Å². The SMILES string of the molecule is CCC(=O)CCC1COc2ccccc21. The van der Waals surface area contributed by atoms with Gasteiger partial charge in [-0.05, 0) is 12.5 Å². The molecule has 0 spiro atoms. The number of carbonyl (C=O) groups excluding carboxylic acids is 1. The van der Waals surface area contributed by atoms with Gasteiger partial charge in [-0.25, -0.2) is 0 Å². The number of benzene rings is 1. The highest BCUT2D eigenvalue weighted by molar-refractivity contribution is 5.78. The molecule has 1 unspecified atom stereocenters. The monoisotopic (exact) mass is 204 g/mol. The van der Waals surface area contributed by atoms with Crippen molar-refractivity contribution in [2.45, 2.75) is 32.1 Å². The van der Waals surface area contributed by atoms with Gasteiger partial charge in [-0.15, -0.1) is 0 Å². The molecule has 0 fully saturated rings. The maximum atomic E-state index is 11.2. The average molecular weight is 204 g/mol. The van der Waals surface area contributed by atoms with Crippen molar-refractivity contribution in [2.75, 3.05) is 6.61 Å². The summed E-state index contributed by atoms with van der Waals surface area (Å²) in [5.74, 6) is 1.75. The van der Waals surface area contributed by atoms with Gasteiger partial charge in [0.15, 0.2) is 0 Å². The van der Waals surface area contributed by atoms with E-state index in [0.29, 0.717) is 24.5 Å². The zero-order valence-electron chi connectivity index (χ0n) is 9.03. The number of fused-ring (bicyclic) bond motifs is 1. The van der Waals surface area contributed by atoms with Crippen molar-refractivity contribution in [2.24, 2.45) is 0 Å². The Bertz CT molecular complexity index is 357. The van der Waals surface area contributed by atoms with Gasteiger partial charge in [-0.2, -0.15) is 0 Å². The molecular formula is C13H16O2. The summed E-state index contributed by atoms with van der Waals surface area (Å²) in [6.45, 7) is 2.65. The first-order valence-corrected chi connectivity index (χ1v) is 5.54. The van der Waals surface area contributed by atoms with Gasteiger partial charge in [-0.1, -0.05) is 25.1 Å². The van der Waals surface area contributed by atoms with E-state index < -0.39 is 0 Å². The van der Waals surface area contributed by atoms with E-state index in [1.807, 2.05) is 25.1 Å². The standard InChI is InChI=1S/C13H16O2/c1-2-11(14)8-7-10-9-15-13-6-4-3-5-12(10)13/h3-6,10H,2,7-9H2,1H3. The van der Waals surface area contributed by atoms with E-state index in [1.54, 1.807) is 0 Å². The molecule has 0 saturated carbocycles. The fraction of sp³-hybridized carbons (Fsp3) is 0.462. The number of Topliss-reactive ketones (excluding diaryl/α,β-unsaturated/α-hetero) is 1. The highest BCUT2D eigenvalue weighted by Crippen LogP contribution is 2.36. The number of ketones is 1. The lowest BCUT2D eigenvalue weighted by Gasteiger charge is -2.06. The van der Waals surface area contributed by atoms with Crippen LogP contribution in [0.2, 0.25) is 0 Å². The lowest BCUT2D eigenvalue weighted by molar-refractivity contribution is -0.118. The molecular weight excluding hydrogens is 188 g/mol. The number of para-hydroxylation sites is 1. The first kappa shape index (κ1) is 10.2. The largest absolute Gasteiger partial charge is 0.493 e. The van der Waals surface area contributed by atoms with E-state index in [0.717, 1.165) is 18.8 Å². The van der Waals surface area contributed by atoms with Gasteiger partial charge in [0, 0.05) is 24.3 Å². The van der Waals surface area contributed by atoms with Gasteiger partial charge < -0.3 is 4.74 Å². The van der Waals surface area contributed by atoms with Crippen molar-refractivity contribution in [3.8, 4) is 5.75 Å². The van der Waals surface area contributed by atoms with Gasteiger partial charge in [0.05, 0.1) is 6.61 Å². The fourth-order valence-electron chi connectivity index (χ4n) is 1.98. The average Bonchev–Trinajstić information content (AvgIpc) is 2.69. The van der Waals surface area contributed by atoms with E-state index >= 15 is 0 Å². The summed E-state index contributed by atoms with van der Waals surface area (Å²) in [6.07, 6.45) is 2.25.